The maximum Gasteiger partial charge on any atom is 0.330 e. The number of rotatable bonds is 2. The highest BCUT2D eigenvalue weighted by atomic mass is 19.1. The minimum Gasteiger partial charge on any atom is -0.394 e. The molecule has 8 nitrogen and oxygen atoms in total. The lowest BCUT2D eigenvalue weighted by atomic mass is 9.95. The van der Waals surface area contributed by atoms with Crippen LogP contribution in [0.2, 0.25) is 0 Å². The molecule has 19 heavy (non-hydrogen) atoms. The molecule has 9 heteroatoms. The van der Waals surface area contributed by atoms with E-state index < -0.39 is 47.7 Å². The topological polar surface area (TPSA) is 125 Å². The first-order valence-corrected chi connectivity index (χ1v) is 5.46. The Bertz CT molecular complexity index is 594. The van der Waals surface area contributed by atoms with E-state index in [9.17, 15) is 24.2 Å². The minimum absolute atomic E-state index is 0.574. The average molecular weight is 276 g/mol. The van der Waals surface area contributed by atoms with Crippen LogP contribution in [0.25, 0.3) is 0 Å². The van der Waals surface area contributed by atoms with Crippen LogP contribution in [0, 0.1) is 5.82 Å². The second-order valence-corrected chi connectivity index (χ2v) is 4.51. The molecule has 1 unspecified atom stereocenters. The number of aliphatic hydroxyl groups is 3. The van der Waals surface area contributed by atoms with Gasteiger partial charge in [-0.05, 0) is 6.92 Å². The fourth-order valence-electron chi connectivity index (χ4n) is 1.95. The van der Waals surface area contributed by atoms with E-state index in [-0.39, 0.29) is 0 Å². The van der Waals surface area contributed by atoms with Crippen LogP contribution in [-0.2, 0) is 4.74 Å². The summed E-state index contributed by atoms with van der Waals surface area (Å²) in [6, 6.07) is 0. The van der Waals surface area contributed by atoms with Crippen molar-refractivity contribution in [3.63, 3.8) is 0 Å². The fourth-order valence-corrected chi connectivity index (χ4v) is 1.95. The highest BCUT2D eigenvalue weighted by molar-refractivity contribution is 5.01. The maximum absolute atomic E-state index is 13.2. The lowest BCUT2D eigenvalue weighted by molar-refractivity contribution is -0.0807. The number of nitrogens with one attached hydrogen (secondary N) is 1. The molecule has 1 saturated heterocycles. The van der Waals surface area contributed by atoms with E-state index in [1.165, 1.54) is 6.92 Å². The summed E-state index contributed by atoms with van der Waals surface area (Å²) in [5, 5.41) is 28.9. The minimum atomic E-state index is -1.81. The van der Waals surface area contributed by atoms with Gasteiger partial charge in [0.05, 0.1) is 12.8 Å². The zero-order valence-corrected chi connectivity index (χ0v) is 9.91. The van der Waals surface area contributed by atoms with Gasteiger partial charge in [0, 0.05) is 0 Å². The van der Waals surface area contributed by atoms with Crippen molar-refractivity contribution in [1.29, 1.82) is 0 Å². The van der Waals surface area contributed by atoms with Gasteiger partial charge in [0.2, 0.25) is 5.82 Å². The van der Waals surface area contributed by atoms with E-state index in [0.717, 1.165) is 0 Å². The molecule has 0 bridgehead atoms. The molecule has 1 aliphatic heterocycles. The molecule has 0 saturated carbocycles. The third-order valence-electron chi connectivity index (χ3n) is 3.19. The van der Waals surface area contributed by atoms with Crippen molar-refractivity contribution in [3.8, 4) is 0 Å². The van der Waals surface area contributed by atoms with Crippen molar-refractivity contribution in [1.82, 2.24) is 9.55 Å². The van der Waals surface area contributed by atoms with Crippen LogP contribution >= 0.6 is 0 Å². The van der Waals surface area contributed by atoms with Gasteiger partial charge in [-0.2, -0.15) is 4.39 Å². The van der Waals surface area contributed by atoms with Gasteiger partial charge in [-0.15, -0.1) is 0 Å². The van der Waals surface area contributed by atoms with Gasteiger partial charge in [0.1, 0.15) is 17.8 Å². The van der Waals surface area contributed by atoms with E-state index in [1.54, 1.807) is 4.98 Å². The van der Waals surface area contributed by atoms with Gasteiger partial charge in [-0.1, -0.05) is 0 Å². The number of aromatic nitrogens is 2. The average Bonchev–Trinajstić information content (AvgIpc) is 2.56. The van der Waals surface area contributed by atoms with E-state index in [4.69, 9.17) is 9.84 Å². The second kappa shape index (κ2) is 4.53. The van der Waals surface area contributed by atoms with Crippen molar-refractivity contribution in [3.05, 3.63) is 32.9 Å². The fraction of sp³-hybridized carbons (Fsp3) is 0.600. The molecule has 0 spiro atoms. The summed E-state index contributed by atoms with van der Waals surface area (Å²) < 4.78 is 18.9. The Morgan fingerprint density at radius 3 is 2.74 bits per heavy atom. The molecule has 1 aliphatic rings. The Morgan fingerprint density at radius 1 is 1.58 bits per heavy atom. The Labute approximate surface area is 105 Å². The zero-order chi connectivity index (χ0) is 14.4. The molecule has 1 fully saturated rings. The number of hydrogen-bond acceptors (Lipinski definition) is 6. The molecule has 4 atom stereocenters. The van der Waals surface area contributed by atoms with E-state index in [0.29, 0.717) is 10.8 Å². The molecule has 0 aromatic carbocycles. The quantitative estimate of drug-likeness (QED) is 0.480. The molecule has 1 aromatic heterocycles. The highest BCUT2D eigenvalue weighted by Gasteiger charge is 2.52. The number of hydrogen-bond donors (Lipinski definition) is 4. The number of nitrogens with zero attached hydrogens (tertiary/aromatic N) is 1. The molecular weight excluding hydrogens is 263 g/mol. The van der Waals surface area contributed by atoms with Crippen molar-refractivity contribution in [2.75, 3.05) is 6.61 Å². The summed E-state index contributed by atoms with van der Waals surface area (Å²) in [4.78, 5) is 24.1. The first-order valence-electron chi connectivity index (χ1n) is 5.46. The van der Waals surface area contributed by atoms with Crippen LogP contribution in [0.15, 0.2) is 15.8 Å². The smallest absolute Gasteiger partial charge is 0.330 e. The molecule has 1 aromatic rings. The summed E-state index contributed by atoms with van der Waals surface area (Å²) in [6.45, 7) is 0.618. The zero-order valence-electron chi connectivity index (χ0n) is 9.91. The van der Waals surface area contributed by atoms with Gasteiger partial charge in [0.25, 0.3) is 5.56 Å². The lowest BCUT2D eigenvalue weighted by Crippen LogP contribution is -2.47. The molecular formula is C10H13FN2O6. The third-order valence-corrected chi connectivity index (χ3v) is 3.19. The van der Waals surface area contributed by atoms with E-state index in [1.807, 2.05) is 0 Å². The normalized spacial score (nSPS) is 34.7. The summed E-state index contributed by atoms with van der Waals surface area (Å²) in [5.74, 6) is -1.23. The molecule has 2 heterocycles. The van der Waals surface area contributed by atoms with Crippen molar-refractivity contribution in [2.24, 2.45) is 0 Å². The van der Waals surface area contributed by atoms with E-state index >= 15 is 0 Å². The second-order valence-electron chi connectivity index (χ2n) is 4.51. The monoisotopic (exact) mass is 276 g/mol. The van der Waals surface area contributed by atoms with Gasteiger partial charge >= 0.3 is 5.69 Å². The van der Waals surface area contributed by atoms with Crippen LogP contribution in [0.5, 0.6) is 0 Å². The van der Waals surface area contributed by atoms with Crippen molar-refractivity contribution in [2.45, 2.75) is 31.0 Å². The Morgan fingerprint density at radius 2 is 2.21 bits per heavy atom. The summed E-state index contributed by atoms with van der Waals surface area (Å²) in [5.41, 5.74) is -4.00. The molecule has 0 aliphatic carbocycles. The van der Waals surface area contributed by atoms with Crippen LogP contribution in [0.1, 0.15) is 13.2 Å². The van der Waals surface area contributed by atoms with Gasteiger partial charge in [0.15, 0.2) is 6.23 Å². The van der Waals surface area contributed by atoms with Crippen molar-refractivity contribution < 1.29 is 24.4 Å². The predicted molar refractivity (Wildman–Crippen MR) is 58.9 cm³/mol. The lowest BCUT2D eigenvalue weighted by Gasteiger charge is -2.25. The number of aliphatic hydroxyl groups excluding tert-OH is 2. The molecule has 0 amide bonds. The summed E-state index contributed by atoms with van der Waals surface area (Å²) >= 11 is 0. The largest absolute Gasteiger partial charge is 0.394 e. The standard InChI is InChI=1S/C10H13FN2O6/c1-10(18)5(3-14)19-8(6(10)15)13-2-4(11)7(16)12-9(13)17/h2,5-6,8,14-15,18H,3H2,1H3,(H,12,16,17)/t5-,6?,8-,10-/m1/s1. The van der Waals surface area contributed by atoms with Crippen LogP contribution in [0.4, 0.5) is 4.39 Å². The summed E-state index contributed by atoms with van der Waals surface area (Å²) in [6.07, 6.45) is -3.56. The predicted octanol–water partition coefficient (Wildman–Crippen LogP) is -2.32. The van der Waals surface area contributed by atoms with E-state index in [2.05, 4.69) is 0 Å². The summed E-state index contributed by atoms with van der Waals surface area (Å²) in [7, 11) is 0. The number of aromatic amines is 1. The van der Waals surface area contributed by atoms with Crippen molar-refractivity contribution >= 4 is 0 Å². The van der Waals surface area contributed by atoms with Crippen LogP contribution in [-0.4, -0.2) is 49.3 Å². The third kappa shape index (κ3) is 2.10. The highest BCUT2D eigenvalue weighted by Crippen LogP contribution is 2.35. The Balaban J connectivity index is 2.47. The SMILES string of the molecule is C[C@]1(O)C(O)[C@H](n2cc(F)c(=O)[nH]c2=O)O[C@@H]1CO. The molecule has 2 rings (SSSR count). The number of ether oxygens (including phenoxy) is 1. The first kappa shape index (κ1) is 13.9. The molecule has 0 radical (unpaired) electrons. The van der Waals surface area contributed by atoms with Crippen LogP contribution in [0.3, 0.4) is 0 Å². The molecule has 4 N–H and O–H groups in total. The Kier molecular flexibility index (Phi) is 3.31. The van der Waals surface area contributed by atoms with Gasteiger partial charge in [-0.3, -0.25) is 14.3 Å². The number of H-pyrrole nitrogens is 1. The van der Waals surface area contributed by atoms with Gasteiger partial charge in [-0.25, -0.2) is 4.79 Å². The van der Waals surface area contributed by atoms with Crippen LogP contribution < -0.4 is 11.2 Å². The van der Waals surface area contributed by atoms with Gasteiger partial charge < -0.3 is 20.1 Å². The molecule has 106 valence electrons. The number of halogens is 1. The Hall–Kier alpha value is -1.55. The first-order chi connectivity index (χ1) is 8.78. The maximum atomic E-state index is 13.2.